The Balaban J connectivity index is 1.67. The van der Waals surface area contributed by atoms with Crippen LogP contribution < -0.4 is 5.32 Å². The summed E-state index contributed by atoms with van der Waals surface area (Å²) in [6.45, 7) is 1.69. The van der Waals surface area contributed by atoms with Gasteiger partial charge >= 0.3 is 0 Å². The maximum absolute atomic E-state index is 14.9. The van der Waals surface area contributed by atoms with E-state index in [4.69, 9.17) is 0 Å². The minimum Gasteiger partial charge on any atom is -0.307 e. The second-order valence-corrected chi connectivity index (χ2v) is 8.16. The van der Waals surface area contributed by atoms with E-state index in [-0.39, 0.29) is 11.6 Å². The number of carbonyl (C=O) groups excluding carboxylic acids is 1. The minimum absolute atomic E-state index is 0.233. The number of tetrazole rings is 1. The van der Waals surface area contributed by atoms with Gasteiger partial charge in [0.1, 0.15) is 17.3 Å². The standard InChI is InChI=1S/C21H20BrFN6O/c1-13-26-27-28-29(13)19-8-6-15(11-18(19)23)17(10-14-4-2-3-5-14)21(30)25-20-9-7-16(22)12-24-20/h6-12,14H,2-5H2,1H3,(H,24,25,30). The Hall–Kier alpha value is -2.94. The lowest BCUT2D eigenvalue weighted by atomic mass is 9.97. The molecule has 1 amide bonds. The van der Waals surface area contributed by atoms with Crippen LogP contribution >= 0.6 is 15.9 Å². The zero-order chi connectivity index (χ0) is 21.1. The van der Waals surface area contributed by atoms with Crippen LogP contribution in [0.4, 0.5) is 10.2 Å². The summed E-state index contributed by atoms with van der Waals surface area (Å²) in [7, 11) is 0. The van der Waals surface area contributed by atoms with Crippen LogP contribution in [0.5, 0.6) is 0 Å². The number of hydrogen-bond donors (Lipinski definition) is 1. The number of carbonyl (C=O) groups is 1. The lowest BCUT2D eigenvalue weighted by Gasteiger charge is -2.13. The lowest BCUT2D eigenvalue weighted by Crippen LogP contribution is -2.16. The average molecular weight is 471 g/mol. The number of benzene rings is 1. The molecule has 0 bridgehead atoms. The fourth-order valence-corrected chi connectivity index (χ4v) is 3.83. The van der Waals surface area contributed by atoms with E-state index >= 15 is 0 Å². The third-order valence-corrected chi connectivity index (χ3v) is 5.60. The number of rotatable bonds is 5. The molecule has 9 heteroatoms. The molecule has 1 aromatic carbocycles. The van der Waals surface area contributed by atoms with Crippen molar-refractivity contribution in [2.75, 3.05) is 5.32 Å². The molecule has 3 aromatic rings. The van der Waals surface area contributed by atoms with Crippen LogP contribution in [-0.4, -0.2) is 31.1 Å². The third-order valence-electron chi connectivity index (χ3n) is 5.13. The van der Waals surface area contributed by atoms with Gasteiger partial charge in [-0.25, -0.2) is 9.37 Å². The first kappa shape index (κ1) is 20.3. The van der Waals surface area contributed by atoms with E-state index in [9.17, 15) is 9.18 Å². The second-order valence-electron chi connectivity index (χ2n) is 7.24. The molecule has 1 aliphatic rings. The molecule has 1 saturated carbocycles. The summed E-state index contributed by atoms with van der Waals surface area (Å²) < 4.78 is 17.1. The predicted octanol–water partition coefficient (Wildman–Crippen LogP) is 4.48. The zero-order valence-corrected chi connectivity index (χ0v) is 17.9. The summed E-state index contributed by atoms with van der Waals surface area (Å²) in [5.41, 5.74) is 1.17. The Labute approximate surface area is 181 Å². The second kappa shape index (κ2) is 8.83. The van der Waals surface area contributed by atoms with Gasteiger partial charge in [0.05, 0.1) is 0 Å². The number of allylic oxidation sites excluding steroid dienone is 1. The maximum atomic E-state index is 14.9. The number of amides is 1. The van der Waals surface area contributed by atoms with Crippen molar-refractivity contribution in [3.63, 3.8) is 0 Å². The first-order chi connectivity index (χ1) is 14.5. The number of halogens is 2. The summed E-state index contributed by atoms with van der Waals surface area (Å²) in [4.78, 5) is 17.3. The van der Waals surface area contributed by atoms with Gasteiger partial charge in [-0.15, -0.1) is 5.10 Å². The Morgan fingerprint density at radius 3 is 2.70 bits per heavy atom. The van der Waals surface area contributed by atoms with Crippen LogP contribution in [0.25, 0.3) is 11.3 Å². The molecule has 1 aliphatic carbocycles. The number of nitrogens with zero attached hydrogens (tertiary/aromatic N) is 5. The van der Waals surface area contributed by atoms with E-state index in [1.165, 1.54) is 10.7 Å². The minimum atomic E-state index is -0.505. The van der Waals surface area contributed by atoms with E-state index in [1.807, 2.05) is 6.08 Å². The molecule has 0 saturated heterocycles. The van der Waals surface area contributed by atoms with Crippen molar-refractivity contribution in [2.45, 2.75) is 32.6 Å². The molecule has 2 aromatic heterocycles. The first-order valence-corrected chi connectivity index (χ1v) is 10.5. The summed E-state index contributed by atoms with van der Waals surface area (Å²) in [6.07, 6.45) is 7.89. The van der Waals surface area contributed by atoms with E-state index in [1.54, 1.807) is 37.4 Å². The monoisotopic (exact) mass is 470 g/mol. The van der Waals surface area contributed by atoms with E-state index in [0.717, 1.165) is 30.2 Å². The molecule has 1 fully saturated rings. The quantitative estimate of drug-likeness (QED) is 0.555. The Morgan fingerprint density at radius 2 is 2.07 bits per heavy atom. The van der Waals surface area contributed by atoms with Crippen molar-refractivity contribution >= 4 is 33.2 Å². The first-order valence-electron chi connectivity index (χ1n) is 9.71. The van der Waals surface area contributed by atoms with Gasteiger partial charge in [-0.05, 0) is 81.9 Å². The predicted molar refractivity (Wildman–Crippen MR) is 114 cm³/mol. The van der Waals surface area contributed by atoms with Crippen molar-refractivity contribution in [3.8, 4) is 5.69 Å². The largest absolute Gasteiger partial charge is 0.307 e. The van der Waals surface area contributed by atoms with Crippen molar-refractivity contribution in [1.29, 1.82) is 0 Å². The fourth-order valence-electron chi connectivity index (χ4n) is 3.60. The number of nitrogens with one attached hydrogen (secondary N) is 1. The van der Waals surface area contributed by atoms with Crippen LogP contribution in [0.1, 0.15) is 37.1 Å². The molecule has 7 nitrogen and oxygen atoms in total. The molecule has 2 heterocycles. The number of aromatic nitrogens is 5. The van der Waals surface area contributed by atoms with E-state index < -0.39 is 5.82 Å². The van der Waals surface area contributed by atoms with E-state index in [0.29, 0.717) is 28.7 Å². The van der Waals surface area contributed by atoms with E-state index in [2.05, 4.69) is 41.8 Å². The van der Waals surface area contributed by atoms with Gasteiger partial charge in [-0.2, -0.15) is 4.68 Å². The van der Waals surface area contributed by atoms with Crippen LogP contribution in [-0.2, 0) is 4.79 Å². The number of hydrogen-bond acceptors (Lipinski definition) is 5. The third kappa shape index (κ3) is 4.46. The van der Waals surface area contributed by atoms with Gasteiger partial charge in [0.15, 0.2) is 5.82 Å². The van der Waals surface area contributed by atoms with Gasteiger partial charge in [0.2, 0.25) is 0 Å². The normalized spacial score (nSPS) is 14.8. The van der Waals surface area contributed by atoms with Crippen molar-refractivity contribution in [3.05, 3.63) is 64.3 Å². The van der Waals surface area contributed by atoms with Gasteiger partial charge in [0, 0.05) is 16.2 Å². The Bertz CT molecular complexity index is 1090. The molecular formula is C21H20BrFN6O. The zero-order valence-electron chi connectivity index (χ0n) is 16.3. The molecule has 0 aliphatic heterocycles. The van der Waals surface area contributed by atoms with Crippen molar-refractivity contribution in [2.24, 2.45) is 5.92 Å². The summed E-state index contributed by atoms with van der Waals surface area (Å²) in [6, 6.07) is 8.16. The van der Waals surface area contributed by atoms with Gasteiger partial charge < -0.3 is 5.32 Å². The smallest absolute Gasteiger partial charge is 0.257 e. The fraction of sp³-hybridized carbons (Fsp3) is 0.286. The van der Waals surface area contributed by atoms with Gasteiger partial charge in [-0.3, -0.25) is 4.79 Å². The van der Waals surface area contributed by atoms with Crippen molar-refractivity contribution in [1.82, 2.24) is 25.2 Å². The highest BCUT2D eigenvalue weighted by Gasteiger charge is 2.20. The number of aryl methyl sites for hydroxylation is 1. The Kier molecular flexibility index (Phi) is 5.98. The lowest BCUT2D eigenvalue weighted by molar-refractivity contribution is -0.111. The van der Waals surface area contributed by atoms with Crippen LogP contribution in [0.2, 0.25) is 0 Å². The summed E-state index contributed by atoms with van der Waals surface area (Å²) in [5.74, 6) is 0.384. The number of anilines is 1. The van der Waals surface area contributed by atoms with Crippen molar-refractivity contribution < 1.29 is 9.18 Å². The SMILES string of the molecule is Cc1nnnn1-c1ccc(C(=CC2CCCC2)C(=O)Nc2ccc(Br)cn2)cc1F. The number of pyridine rings is 1. The molecule has 154 valence electrons. The van der Waals surface area contributed by atoms with Gasteiger partial charge in [0.25, 0.3) is 5.91 Å². The topological polar surface area (TPSA) is 85.6 Å². The molecule has 0 unspecified atom stereocenters. The maximum Gasteiger partial charge on any atom is 0.257 e. The molecular weight excluding hydrogens is 451 g/mol. The summed E-state index contributed by atoms with van der Waals surface area (Å²) >= 11 is 3.33. The highest BCUT2D eigenvalue weighted by molar-refractivity contribution is 9.10. The molecule has 0 spiro atoms. The molecule has 30 heavy (non-hydrogen) atoms. The van der Waals surface area contributed by atoms with Crippen LogP contribution in [0.15, 0.2) is 47.1 Å². The molecule has 0 atom stereocenters. The molecule has 1 N–H and O–H groups in total. The highest BCUT2D eigenvalue weighted by Crippen LogP contribution is 2.30. The summed E-state index contributed by atoms with van der Waals surface area (Å²) in [5, 5.41) is 14.0. The average Bonchev–Trinajstić information content (AvgIpc) is 3.39. The molecule has 4 rings (SSSR count). The Morgan fingerprint density at radius 1 is 1.27 bits per heavy atom. The van der Waals surface area contributed by atoms with Crippen LogP contribution in [0.3, 0.4) is 0 Å². The highest BCUT2D eigenvalue weighted by atomic mass is 79.9. The molecule has 0 radical (unpaired) electrons. The van der Waals surface area contributed by atoms with Crippen LogP contribution in [0, 0.1) is 18.7 Å². The van der Waals surface area contributed by atoms with Gasteiger partial charge in [-0.1, -0.05) is 25.0 Å².